The Morgan fingerprint density at radius 3 is 2.64 bits per heavy atom. The molecule has 0 aliphatic carbocycles. The highest BCUT2D eigenvalue weighted by Gasteiger charge is 2.17. The van der Waals surface area contributed by atoms with E-state index in [2.05, 4.69) is 48.4 Å². The maximum Gasteiger partial charge on any atom is 0.188 e. The second-order valence-corrected chi connectivity index (χ2v) is 7.32. The van der Waals surface area contributed by atoms with E-state index >= 15 is 0 Å². The highest BCUT2D eigenvalue weighted by Crippen LogP contribution is 2.23. The summed E-state index contributed by atoms with van der Waals surface area (Å²) in [4.78, 5) is 9.01. The molecular formula is C16H31IN4S. The number of thiazole rings is 1. The van der Waals surface area contributed by atoms with Crippen LogP contribution in [0, 0.1) is 0 Å². The summed E-state index contributed by atoms with van der Waals surface area (Å²) in [5.74, 6) is 0.555. The largest absolute Gasteiger partial charge is 0.370 e. The van der Waals surface area contributed by atoms with Crippen molar-refractivity contribution in [1.82, 2.24) is 10.3 Å². The van der Waals surface area contributed by atoms with Gasteiger partial charge in [0.05, 0.1) is 10.7 Å². The van der Waals surface area contributed by atoms with Gasteiger partial charge in [0.2, 0.25) is 0 Å². The van der Waals surface area contributed by atoms with Gasteiger partial charge < -0.3 is 11.1 Å². The second kappa shape index (κ2) is 11.2. The average molecular weight is 438 g/mol. The first kappa shape index (κ1) is 21.6. The fourth-order valence-corrected chi connectivity index (χ4v) is 2.89. The number of halogens is 1. The molecule has 0 spiro atoms. The van der Waals surface area contributed by atoms with Gasteiger partial charge in [-0.2, -0.15) is 0 Å². The summed E-state index contributed by atoms with van der Waals surface area (Å²) in [6.07, 6.45) is 5.79. The molecule has 0 saturated heterocycles. The van der Waals surface area contributed by atoms with Crippen molar-refractivity contribution in [1.29, 1.82) is 0 Å². The van der Waals surface area contributed by atoms with Gasteiger partial charge in [-0.05, 0) is 6.42 Å². The van der Waals surface area contributed by atoms with E-state index in [1.54, 1.807) is 11.3 Å². The van der Waals surface area contributed by atoms with Crippen LogP contribution in [-0.2, 0) is 11.8 Å². The van der Waals surface area contributed by atoms with Crippen LogP contribution in [0.3, 0.4) is 0 Å². The summed E-state index contributed by atoms with van der Waals surface area (Å²) >= 11 is 1.72. The lowest BCUT2D eigenvalue weighted by molar-refractivity contribution is 0.570. The van der Waals surface area contributed by atoms with Crippen molar-refractivity contribution in [3.8, 4) is 0 Å². The maximum absolute atomic E-state index is 5.85. The summed E-state index contributed by atoms with van der Waals surface area (Å²) in [6, 6.07) is 0. The molecule has 0 aliphatic rings. The van der Waals surface area contributed by atoms with Crippen molar-refractivity contribution in [3.05, 3.63) is 16.1 Å². The first-order valence-electron chi connectivity index (χ1n) is 7.92. The molecule has 0 atom stereocenters. The molecule has 0 amide bonds. The molecule has 1 rings (SSSR count). The summed E-state index contributed by atoms with van der Waals surface area (Å²) < 4.78 is 0. The Morgan fingerprint density at radius 1 is 1.32 bits per heavy atom. The molecule has 1 aromatic rings. The quantitative estimate of drug-likeness (QED) is 0.278. The van der Waals surface area contributed by atoms with Crippen molar-refractivity contribution in [3.63, 3.8) is 0 Å². The minimum atomic E-state index is 0. The first-order valence-corrected chi connectivity index (χ1v) is 8.80. The molecule has 0 unspecified atom stereocenters. The molecular weight excluding hydrogens is 407 g/mol. The number of aromatic nitrogens is 1. The molecule has 0 fully saturated rings. The number of nitrogens with one attached hydrogen (secondary N) is 1. The highest BCUT2D eigenvalue weighted by molar-refractivity contribution is 14.0. The molecule has 4 nitrogen and oxygen atoms in total. The zero-order valence-corrected chi connectivity index (χ0v) is 17.5. The first-order chi connectivity index (χ1) is 9.93. The van der Waals surface area contributed by atoms with Crippen LogP contribution < -0.4 is 11.1 Å². The van der Waals surface area contributed by atoms with E-state index in [0.717, 1.165) is 30.9 Å². The molecule has 0 aromatic carbocycles. The number of unbranched alkanes of at least 4 members (excludes halogenated alkanes) is 3. The lowest BCUT2D eigenvalue weighted by atomic mass is 9.93. The zero-order valence-electron chi connectivity index (χ0n) is 14.3. The molecule has 22 heavy (non-hydrogen) atoms. The van der Waals surface area contributed by atoms with Crippen LogP contribution in [0.5, 0.6) is 0 Å². The average Bonchev–Trinajstić information content (AvgIpc) is 2.87. The van der Waals surface area contributed by atoms with E-state index in [1.165, 1.54) is 25.0 Å². The summed E-state index contributed by atoms with van der Waals surface area (Å²) in [7, 11) is 0. The van der Waals surface area contributed by atoms with Crippen LogP contribution >= 0.6 is 35.3 Å². The number of hydrogen-bond donors (Lipinski definition) is 2. The Kier molecular flexibility index (Phi) is 11.0. The monoisotopic (exact) mass is 438 g/mol. The van der Waals surface area contributed by atoms with Crippen molar-refractivity contribution >= 4 is 41.3 Å². The van der Waals surface area contributed by atoms with Gasteiger partial charge in [0.25, 0.3) is 0 Å². The van der Waals surface area contributed by atoms with Crippen molar-refractivity contribution in [2.24, 2.45) is 10.7 Å². The normalized spacial score (nSPS) is 12.1. The molecule has 0 bridgehead atoms. The lowest BCUT2D eigenvalue weighted by Crippen LogP contribution is -2.33. The standard InChI is InChI=1S/C16H30N4S.HI/c1-5-6-7-8-10-18-15(17)19-11-9-14-20-13(12-21-14)16(2,3)4;/h12H,5-11H2,1-4H3,(H3,17,18,19);1H. The molecule has 1 heterocycles. The van der Waals surface area contributed by atoms with Gasteiger partial charge in [-0.25, -0.2) is 4.98 Å². The van der Waals surface area contributed by atoms with Crippen LogP contribution in [0.4, 0.5) is 0 Å². The van der Waals surface area contributed by atoms with E-state index in [-0.39, 0.29) is 29.4 Å². The Balaban J connectivity index is 0.00000441. The number of guanidine groups is 1. The van der Waals surface area contributed by atoms with Crippen LogP contribution in [0.1, 0.15) is 64.1 Å². The second-order valence-electron chi connectivity index (χ2n) is 6.38. The summed E-state index contributed by atoms with van der Waals surface area (Å²) in [6.45, 7) is 10.4. The molecule has 0 radical (unpaired) electrons. The number of rotatable bonds is 8. The van der Waals surface area contributed by atoms with Gasteiger partial charge in [-0.15, -0.1) is 35.3 Å². The van der Waals surface area contributed by atoms with Crippen molar-refractivity contribution < 1.29 is 0 Å². The topological polar surface area (TPSA) is 63.3 Å². The Labute approximate surface area is 156 Å². The molecule has 6 heteroatoms. The van der Waals surface area contributed by atoms with Gasteiger partial charge in [-0.1, -0.05) is 47.0 Å². The van der Waals surface area contributed by atoms with E-state index < -0.39 is 0 Å². The van der Waals surface area contributed by atoms with E-state index in [9.17, 15) is 0 Å². The predicted molar refractivity (Wildman–Crippen MR) is 109 cm³/mol. The van der Waals surface area contributed by atoms with Crippen LogP contribution in [0.2, 0.25) is 0 Å². The maximum atomic E-state index is 5.85. The van der Waals surface area contributed by atoms with Crippen molar-refractivity contribution in [2.45, 2.75) is 65.2 Å². The van der Waals surface area contributed by atoms with E-state index in [1.807, 2.05) is 0 Å². The van der Waals surface area contributed by atoms with Gasteiger partial charge in [0, 0.05) is 30.3 Å². The Hall–Kier alpha value is -0.370. The minimum Gasteiger partial charge on any atom is -0.370 e. The molecule has 128 valence electrons. The third-order valence-electron chi connectivity index (χ3n) is 3.26. The van der Waals surface area contributed by atoms with Crippen molar-refractivity contribution in [2.75, 3.05) is 13.1 Å². The Bertz CT molecular complexity index is 438. The molecule has 0 saturated carbocycles. The number of nitrogens with zero attached hydrogens (tertiary/aromatic N) is 2. The number of nitrogens with two attached hydrogens (primary N) is 1. The molecule has 3 N–H and O–H groups in total. The van der Waals surface area contributed by atoms with Gasteiger partial charge in [0.1, 0.15) is 0 Å². The molecule has 0 aliphatic heterocycles. The lowest BCUT2D eigenvalue weighted by Gasteiger charge is -2.14. The summed E-state index contributed by atoms with van der Waals surface area (Å²) in [5.41, 5.74) is 7.14. The summed E-state index contributed by atoms with van der Waals surface area (Å²) in [5, 5.41) is 6.47. The third-order valence-corrected chi connectivity index (χ3v) is 4.17. The fourth-order valence-electron chi connectivity index (χ4n) is 1.86. The minimum absolute atomic E-state index is 0. The predicted octanol–water partition coefficient (Wildman–Crippen LogP) is 4.09. The van der Waals surface area contributed by atoms with Gasteiger partial charge in [0.15, 0.2) is 5.96 Å². The van der Waals surface area contributed by atoms with Crippen LogP contribution in [0.15, 0.2) is 10.4 Å². The molecule has 1 aromatic heterocycles. The highest BCUT2D eigenvalue weighted by atomic mass is 127. The van der Waals surface area contributed by atoms with Gasteiger partial charge >= 0.3 is 0 Å². The van der Waals surface area contributed by atoms with E-state index in [0.29, 0.717) is 5.96 Å². The smallest absolute Gasteiger partial charge is 0.188 e. The van der Waals surface area contributed by atoms with Gasteiger partial charge in [-0.3, -0.25) is 4.99 Å². The van der Waals surface area contributed by atoms with Crippen LogP contribution in [-0.4, -0.2) is 24.0 Å². The Morgan fingerprint density at radius 2 is 2.05 bits per heavy atom. The number of aliphatic imine (C=N–C) groups is 1. The number of hydrogen-bond acceptors (Lipinski definition) is 3. The fraction of sp³-hybridized carbons (Fsp3) is 0.750. The van der Waals surface area contributed by atoms with Crippen LogP contribution in [0.25, 0.3) is 0 Å². The SMILES string of the molecule is CCCCCCN=C(N)NCCc1nc(C(C)(C)C)cs1.I. The zero-order chi connectivity index (χ0) is 15.7. The third kappa shape index (κ3) is 8.92. The van der Waals surface area contributed by atoms with E-state index in [4.69, 9.17) is 5.73 Å².